The standard InChI is InChI=1S/C22H19N3O4/c1-14-10-11-15(12-20(14)25(27)28)21-23-19-9-4-3-8-18(19)22(26)24(21)16-6-5-7-17(13-16)29-2/h3-13,21,23H,1-2H3. The molecular weight excluding hydrogens is 370 g/mol. The topological polar surface area (TPSA) is 84.7 Å². The zero-order chi connectivity index (χ0) is 20.5. The van der Waals surface area contributed by atoms with Crippen LogP contribution in [0.4, 0.5) is 17.1 Å². The van der Waals surface area contributed by atoms with E-state index in [9.17, 15) is 14.9 Å². The first kappa shape index (κ1) is 18.5. The first-order valence-electron chi connectivity index (χ1n) is 9.07. The molecule has 3 aromatic rings. The third-order valence-electron chi connectivity index (χ3n) is 5.00. The average Bonchev–Trinajstić information content (AvgIpc) is 2.74. The fourth-order valence-corrected chi connectivity index (χ4v) is 3.51. The molecule has 0 radical (unpaired) electrons. The molecule has 4 rings (SSSR count). The number of rotatable bonds is 4. The lowest BCUT2D eigenvalue weighted by atomic mass is 10.0. The van der Waals surface area contributed by atoms with Crippen LogP contribution in [0.5, 0.6) is 5.75 Å². The minimum atomic E-state index is -0.608. The summed E-state index contributed by atoms with van der Waals surface area (Å²) < 4.78 is 5.31. The number of carbonyl (C=O) groups excluding carboxylic acids is 1. The van der Waals surface area contributed by atoms with Crippen molar-refractivity contribution in [2.24, 2.45) is 0 Å². The van der Waals surface area contributed by atoms with Gasteiger partial charge in [0.05, 0.1) is 23.3 Å². The maximum absolute atomic E-state index is 13.4. The number of aryl methyl sites for hydroxylation is 1. The van der Waals surface area contributed by atoms with Gasteiger partial charge in [-0.3, -0.25) is 19.8 Å². The highest BCUT2D eigenvalue weighted by molar-refractivity contribution is 6.12. The van der Waals surface area contributed by atoms with Crippen molar-refractivity contribution in [1.29, 1.82) is 0 Å². The number of hydrogen-bond acceptors (Lipinski definition) is 5. The Morgan fingerprint density at radius 1 is 1.07 bits per heavy atom. The SMILES string of the molecule is COc1cccc(N2C(=O)c3ccccc3NC2c2ccc(C)c([N+](=O)[O-])c2)c1. The van der Waals surface area contributed by atoms with Crippen LogP contribution >= 0.6 is 0 Å². The number of nitrogens with one attached hydrogen (secondary N) is 1. The van der Waals surface area contributed by atoms with Crippen LogP contribution in [0.15, 0.2) is 66.7 Å². The first-order valence-corrected chi connectivity index (χ1v) is 9.07. The number of fused-ring (bicyclic) bond motifs is 1. The molecule has 29 heavy (non-hydrogen) atoms. The monoisotopic (exact) mass is 389 g/mol. The fraction of sp³-hybridized carbons (Fsp3) is 0.136. The van der Waals surface area contributed by atoms with Gasteiger partial charge in [-0.15, -0.1) is 0 Å². The number of nitrogens with zero attached hydrogens (tertiary/aromatic N) is 2. The lowest BCUT2D eigenvalue weighted by Gasteiger charge is -2.38. The summed E-state index contributed by atoms with van der Waals surface area (Å²) in [5.74, 6) is 0.420. The zero-order valence-corrected chi connectivity index (χ0v) is 16.0. The van der Waals surface area contributed by atoms with E-state index in [-0.39, 0.29) is 11.6 Å². The van der Waals surface area contributed by atoms with E-state index in [0.29, 0.717) is 33.8 Å². The minimum Gasteiger partial charge on any atom is -0.497 e. The Morgan fingerprint density at radius 3 is 2.62 bits per heavy atom. The summed E-state index contributed by atoms with van der Waals surface area (Å²) in [7, 11) is 1.56. The van der Waals surface area contributed by atoms with Crippen molar-refractivity contribution in [3.05, 3.63) is 93.5 Å². The van der Waals surface area contributed by atoms with E-state index in [1.807, 2.05) is 18.2 Å². The van der Waals surface area contributed by atoms with Gasteiger partial charge in [-0.05, 0) is 31.2 Å². The molecule has 1 unspecified atom stereocenters. The van der Waals surface area contributed by atoms with Crippen molar-refractivity contribution in [2.75, 3.05) is 17.3 Å². The van der Waals surface area contributed by atoms with Crippen LogP contribution < -0.4 is 15.0 Å². The largest absolute Gasteiger partial charge is 0.497 e. The van der Waals surface area contributed by atoms with Crippen molar-refractivity contribution in [3.8, 4) is 5.75 Å². The molecule has 0 aromatic heterocycles. The maximum Gasteiger partial charge on any atom is 0.272 e. The summed E-state index contributed by atoms with van der Waals surface area (Å²) >= 11 is 0. The number of carbonyl (C=O) groups is 1. The number of nitro benzene ring substituents is 1. The third kappa shape index (κ3) is 3.27. The summed E-state index contributed by atoms with van der Waals surface area (Å²) in [6, 6.07) is 19.4. The number of para-hydroxylation sites is 1. The van der Waals surface area contributed by atoms with Crippen LogP contribution in [0, 0.1) is 17.0 Å². The summed E-state index contributed by atoms with van der Waals surface area (Å²) in [6.07, 6.45) is -0.608. The normalized spacial score (nSPS) is 15.4. The Labute approximate surface area is 167 Å². The highest BCUT2D eigenvalue weighted by Gasteiger charge is 2.35. The number of nitro groups is 1. The Kier molecular flexibility index (Phi) is 4.64. The van der Waals surface area contributed by atoms with Crippen LogP contribution in [-0.4, -0.2) is 17.9 Å². The van der Waals surface area contributed by atoms with E-state index >= 15 is 0 Å². The Balaban J connectivity index is 1.88. The van der Waals surface area contributed by atoms with Crippen LogP contribution in [0.2, 0.25) is 0 Å². The van der Waals surface area contributed by atoms with Crippen LogP contribution in [0.3, 0.4) is 0 Å². The summed E-state index contributed by atoms with van der Waals surface area (Å²) in [4.78, 5) is 26.0. The number of amides is 1. The Hall–Kier alpha value is -3.87. The lowest BCUT2D eigenvalue weighted by Crippen LogP contribution is -2.43. The molecule has 0 fully saturated rings. The number of anilines is 2. The molecule has 1 aliphatic heterocycles. The van der Waals surface area contributed by atoms with E-state index in [0.717, 1.165) is 0 Å². The molecule has 7 nitrogen and oxygen atoms in total. The Morgan fingerprint density at radius 2 is 1.86 bits per heavy atom. The molecule has 1 atom stereocenters. The molecule has 7 heteroatoms. The molecule has 0 aliphatic carbocycles. The Bertz CT molecular complexity index is 1110. The van der Waals surface area contributed by atoms with Crippen molar-refractivity contribution in [2.45, 2.75) is 13.1 Å². The van der Waals surface area contributed by atoms with Gasteiger partial charge >= 0.3 is 0 Å². The van der Waals surface area contributed by atoms with Crippen molar-refractivity contribution < 1.29 is 14.5 Å². The van der Waals surface area contributed by atoms with Gasteiger partial charge in [0.2, 0.25) is 0 Å². The second kappa shape index (κ2) is 7.27. The number of ether oxygens (including phenoxy) is 1. The smallest absolute Gasteiger partial charge is 0.272 e. The van der Waals surface area contributed by atoms with E-state index in [1.165, 1.54) is 6.07 Å². The van der Waals surface area contributed by atoms with Gasteiger partial charge in [0.15, 0.2) is 0 Å². The second-order valence-corrected chi connectivity index (χ2v) is 6.77. The second-order valence-electron chi connectivity index (χ2n) is 6.77. The summed E-state index contributed by atoms with van der Waals surface area (Å²) in [5, 5.41) is 14.8. The quantitative estimate of drug-likeness (QED) is 0.517. The molecule has 1 aliphatic rings. The van der Waals surface area contributed by atoms with E-state index in [2.05, 4.69) is 5.32 Å². The van der Waals surface area contributed by atoms with Gasteiger partial charge in [0, 0.05) is 28.9 Å². The molecular formula is C22H19N3O4. The van der Waals surface area contributed by atoms with Gasteiger partial charge in [0.25, 0.3) is 11.6 Å². The number of methoxy groups -OCH3 is 1. The van der Waals surface area contributed by atoms with Crippen molar-refractivity contribution in [3.63, 3.8) is 0 Å². The first-order chi connectivity index (χ1) is 14.0. The third-order valence-corrected chi connectivity index (χ3v) is 5.00. The fourth-order valence-electron chi connectivity index (χ4n) is 3.51. The van der Waals surface area contributed by atoms with E-state index in [4.69, 9.17) is 4.74 Å². The van der Waals surface area contributed by atoms with Gasteiger partial charge in [-0.1, -0.05) is 30.3 Å². The molecule has 1 amide bonds. The van der Waals surface area contributed by atoms with E-state index < -0.39 is 11.1 Å². The highest BCUT2D eigenvalue weighted by atomic mass is 16.6. The highest BCUT2D eigenvalue weighted by Crippen LogP contribution is 2.38. The lowest BCUT2D eigenvalue weighted by molar-refractivity contribution is -0.385. The molecule has 0 bridgehead atoms. The molecule has 0 spiro atoms. The van der Waals surface area contributed by atoms with Gasteiger partial charge in [0.1, 0.15) is 11.9 Å². The molecule has 1 heterocycles. The van der Waals surface area contributed by atoms with Gasteiger partial charge < -0.3 is 10.1 Å². The molecule has 3 aromatic carbocycles. The van der Waals surface area contributed by atoms with Crippen LogP contribution in [-0.2, 0) is 0 Å². The van der Waals surface area contributed by atoms with Crippen LogP contribution in [0.1, 0.15) is 27.7 Å². The van der Waals surface area contributed by atoms with Gasteiger partial charge in [-0.2, -0.15) is 0 Å². The number of benzene rings is 3. The predicted molar refractivity (Wildman–Crippen MR) is 110 cm³/mol. The van der Waals surface area contributed by atoms with Gasteiger partial charge in [-0.25, -0.2) is 0 Å². The summed E-state index contributed by atoms with van der Waals surface area (Å²) in [5.41, 5.74) is 3.05. The molecule has 0 saturated carbocycles. The van der Waals surface area contributed by atoms with Crippen molar-refractivity contribution in [1.82, 2.24) is 0 Å². The average molecular weight is 389 g/mol. The summed E-state index contributed by atoms with van der Waals surface area (Å²) in [6.45, 7) is 1.69. The zero-order valence-electron chi connectivity index (χ0n) is 16.0. The maximum atomic E-state index is 13.4. The van der Waals surface area contributed by atoms with E-state index in [1.54, 1.807) is 61.4 Å². The molecule has 0 saturated heterocycles. The predicted octanol–water partition coefficient (Wildman–Crippen LogP) is 4.68. The minimum absolute atomic E-state index is 0.0150. The number of hydrogen-bond donors (Lipinski definition) is 1. The van der Waals surface area contributed by atoms with Crippen molar-refractivity contribution >= 4 is 23.0 Å². The molecule has 1 N–H and O–H groups in total. The molecule has 146 valence electrons. The van der Waals surface area contributed by atoms with Crippen LogP contribution in [0.25, 0.3) is 0 Å².